The molecule has 2 heterocycles. The molecule has 1 fully saturated rings. The minimum Gasteiger partial charge on any atom is -0.495 e. The predicted octanol–water partition coefficient (Wildman–Crippen LogP) is 2.40. The summed E-state index contributed by atoms with van der Waals surface area (Å²) in [5.74, 6) is 0.0555. The Morgan fingerprint density at radius 3 is 2.52 bits per heavy atom. The number of carbonyl (C=O) groups excluding carboxylic acids is 1. The first-order chi connectivity index (χ1) is 13.8. The van der Waals surface area contributed by atoms with Crippen LogP contribution >= 0.6 is 11.3 Å². The van der Waals surface area contributed by atoms with Crippen molar-refractivity contribution in [3.63, 3.8) is 0 Å². The van der Waals surface area contributed by atoms with Gasteiger partial charge in [-0.3, -0.25) is 9.69 Å². The van der Waals surface area contributed by atoms with Gasteiger partial charge in [0.25, 0.3) is 5.91 Å². The molecule has 0 saturated carbocycles. The lowest BCUT2D eigenvalue weighted by atomic mass is 10.1. The van der Waals surface area contributed by atoms with E-state index in [4.69, 9.17) is 4.74 Å². The molecule has 0 radical (unpaired) electrons. The average molecular weight is 438 g/mol. The van der Waals surface area contributed by atoms with Gasteiger partial charge in [-0.05, 0) is 43.5 Å². The number of benzene rings is 1. The molecule has 0 atom stereocenters. The van der Waals surface area contributed by atoms with Crippen molar-refractivity contribution in [3.8, 4) is 5.75 Å². The fourth-order valence-electron chi connectivity index (χ4n) is 3.31. The summed E-state index contributed by atoms with van der Waals surface area (Å²) in [6.45, 7) is 7.19. The van der Waals surface area contributed by atoms with Crippen molar-refractivity contribution in [1.29, 1.82) is 0 Å². The van der Waals surface area contributed by atoms with Crippen LogP contribution < -0.4 is 9.46 Å². The van der Waals surface area contributed by atoms with E-state index < -0.39 is 10.0 Å². The number of carbonyl (C=O) groups is 1. The summed E-state index contributed by atoms with van der Waals surface area (Å²) in [5.41, 5.74) is 0.349. The number of thiophene rings is 1. The third kappa shape index (κ3) is 5.36. The van der Waals surface area contributed by atoms with Gasteiger partial charge >= 0.3 is 0 Å². The second-order valence-corrected chi connectivity index (χ2v) is 10.0. The van der Waals surface area contributed by atoms with Crippen molar-refractivity contribution < 1.29 is 17.9 Å². The molecule has 1 aliphatic heterocycles. The standard InChI is InChI=1S/C20H27N3O4S2/c1-15(2)21-29(25,26)19-13-16(6-7-18(19)27-3)20(24)23-10-8-22(9-11-23)14-17-5-4-12-28-17/h4-7,12-13,15,21H,8-11,14H2,1-3H3. The SMILES string of the molecule is COc1ccc(C(=O)N2CCN(Cc3cccs3)CC2)cc1S(=O)(=O)NC(C)C. The minimum absolute atomic E-state index is 0.0177. The highest BCUT2D eigenvalue weighted by molar-refractivity contribution is 7.89. The quantitative estimate of drug-likeness (QED) is 0.720. The highest BCUT2D eigenvalue weighted by Gasteiger charge is 2.26. The predicted molar refractivity (Wildman–Crippen MR) is 114 cm³/mol. The second-order valence-electron chi connectivity index (χ2n) is 7.29. The molecule has 9 heteroatoms. The van der Waals surface area contributed by atoms with E-state index in [1.807, 2.05) is 6.07 Å². The molecule has 1 aliphatic rings. The van der Waals surface area contributed by atoms with Gasteiger partial charge in [-0.25, -0.2) is 13.1 Å². The normalized spacial score (nSPS) is 15.7. The molecular weight excluding hydrogens is 410 g/mol. The van der Waals surface area contributed by atoms with Crippen LogP contribution in [0.15, 0.2) is 40.6 Å². The number of hydrogen-bond donors (Lipinski definition) is 1. The molecule has 7 nitrogen and oxygen atoms in total. The van der Waals surface area contributed by atoms with Gasteiger partial charge in [0.2, 0.25) is 10.0 Å². The van der Waals surface area contributed by atoms with Crippen LogP contribution in [0.1, 0.15) is 29.1 Å². The number of nitrogens with one attached hydrogen (secondary N) is 1. The van der Waals surface area contributed by atoms with E-state index in [9.17, 15) is 13.2 Å². The van der Waals surface area contributed by atoms with Gasteiger partial charge in [0.1, 0.15) is 10.6 Å². The topological polar surface area (TPSA) is 79.0 Å². The molecule has 29 heavy (non-hydrogen) atoms. The van der Waals surface area contributed by atoms with Crippen molar-refractivity contribution in [2.45, 2.75) is 31.3 Å². The van der Waals surface area contributed by atoms with E-state index in [2.05, 4.69) is 21.1 Å². The second kappa shape index (κ2) is 9.25. The summed E-state index contributed by atoms with van der Waals surface area (Å²) in [6, 6.07) is 8.46. The van der Waals surface area contributed by atoms with E-state index in [1.54, 1.807) is 36.2 Å². The summed E-state index contributed by atoms with van der Waals surface area (Å²) >= 11 is 1.74. The molecule has 158 valence electrons. The molecular formula is C20H27N3O4S2. The number of methoxy groups -OCH3 is 1. The lowest BCUT2D eigenvalue weighted by Gasteiger charge is -2.34. The average Bonchev–Trinajstić information content (AvgIpc) is 3.19. The Labute approximate surface area is 176 Å². The Kier molecular flexibility index (Phi) is 6.94. The van der Waals surface area contributed by atoms with Gasteiger partial charge in [0.05, 0.1) is 7.11 Å². The van der Waals surface area contributed by atoms with Crippen molar-refractivity contribution in [2.24, 2.45) is 0 Å². The summed E-state index contributed by atoms with van der Waals surface area (Å²) in [5, 5.41) is 2.07. The Hall–Kier alpha value is -1.94. The van der Waals surface area contributed by atoms with E-state index >= 15 is 0 Å². The molecule has 2 aromatic rings. The molecule has 0 spiro atoms. The third-order valence-corrected chi connectivity index (χ3v) is 7.25. The Bertz CT molecular complexity index is 935. The first-order valence-electron chi connectivity index (χ1n) is 9.54. The van der Waals surface area contributed by atoms with Crippen LogP contribution in [-0.2, 0) is 16.6 Å². The van der Waals surface area contributed by atoms with Gasteiger partial charge in [-0.2, -0.15) is 0 Å². The minimum atomic E-state index is -3.78. The van der Waals surface area contributed by atoms with Crippen LogP contribution in [-0.4, -0.2) is 63.5 Å². The van der Waals surface area contributed by atoms with Crippen LogP contribution in [0.4, 0.5) is 0 Å². The number of rotatable bonds is 7. The first kappa shape index (κ1) is 21.8. The molecule has 0 aliphatic carbocycles. The smallest absolute Gasteiger partial charge is 0.253 e. The van der Waals surface area contributed by atoms with Crippen molar-refractivity contribution in [1.82, 2.24) is 14.5 Å². The summed E-state index contributed by atoms with van der Waals surface area (Å²) < 4.78 is 33.0. The zero-order chi connectivity index (χ0) is 21.0. The lowest BCUT2D eigenvalue weighted by molar-refractivity contribution is 0.0629. The third-order valence-electron chi connectivity index (χ3n) is 4.71. The van der Waals surface area contributed by atoms with Gasteiger partial charge in [-0.15, -0.1) is 11.3 Å². The maximum atomic E-state index is 13.0. The number of amides is 1. The van der Waals surface area contributed by atoms with Crippen LogP contribution in [0, 0.1) is 0 Å². The summed E-state index contributed by atoms with van der Waals surface area (Å²) in [7, 11) is -2.36. The van der Waals surface area contributed by atoms with E-state index in [-0.39, 0.29) is 22.6 Å². The number of nitrogens with zero attached hydrogens (tertiary/aromatic N) is 2. The van der Waals surface area contributed by atoms with E-state index in [0.29, 0.717) is 18.7 Å². The maximum absolute atomic E-state index is 13.0. The van der Waals surface area contributed by atoms with E-state index in [0.717, 1.165) is 19.6 Å². The number of sulfonamides is 1. The highest BCUT2D eigenvalue weighted by atomic mass is 32.2. The lowest BCUT2D eigenvalue weighted by Crippen LogP contribution is -2.48. The Morgan fingerprint density at radius 2 is 1.93 bits per heavy atom. The molecule has 1 N–H and O–H groups in total. The fourth-order valence-corrected chi connectivity index (χ4v) is 5.50. The summed E-state index contributed by atoms with van der Waals surface area (Å²) in [4.78, 5) is 18.4. The van der Waals surface area contributed by atoms with Crippen LogP contribution in [0.2, 0.25) is 0 Å². The van der Waals surface area contributed by atoms with Crippen LogP contribution in [0.25, 0.3) is 0 Å². The zero-order valence-corrected chi connectivity index (χ0v) is 18.6. The number of ether oxygens (including phenoxy) is 1. The fraction of sp³-hybridized carbons (Fsp3) is 0.450. The van der Waals surface area contributed by atoms with Crippen molar-refractivity contribution in [3.05, 3.63) is 46.2 Å². The zero-order valence-electron chi connectivity index (χ0n) is 16.9. The molecule has 1 aromatic heterocycles. The van der Waals surface area contributed by atoms with Gasteiger partial charge in [0.15, 0.2) is 0 Å². The Morgan fingerprint density at radius 1 is 1.21 bits per heavy atom. The van der Waals surface area contributed by atoms with Crippen LogP contribution in [0.5, 0.6) is 5.75 Å². The largest absolute Gasteiger partial charge is 0.495 e. The number of piperazine rings is 1. The molecule has 1 aromatic carbocycles. The Balaban J connectivity index is 1.72. The molecule has 1 amide bonds. The molecule has 3 rings (SSSR count). The first-order valence-corrected chi connectivity index (χ1v) is 11.9. The molecule has 1 saturated heterocycles. The van der Waals surface area contributed by atoms with Crippen molar-refractivity contribution >= 4 is 27.3 Å². The number of hydrogen-bond acceptors (Lipinski definition) is 6. The maximum Gasteiger partial charge on any atom is 0.253 e. The van der Waals surface area contributed by atoms with Crippen molar-refractivity contribution in [2.75, 3.05) is 33.3 Å². The van der Waals surface area contributed by atoms with Gasteiger partial charge in [0, 0.05) is 49.2 Å². The molecule has 0 bridgehead atoms. The van der Waals surface area contributed by atoms with Crippen LogP contribution in [0.3, 0.4) is 0 Å². The molecule has 0 unspecified atom stereocenters. The monoisotopic (exact) mass is 437 g/mol. The van der Waals surface area contributed by atoms with Gasteiger partial charge < -0.3 is 9.64 Å². The highest BCUT2D eigenvalue weighted by Crippen LogP contribution is 2.26. The van der Waals surface area contributed by atoms with Gasteiger partial charge in [-0.1, -0.05) is 6.07 Å². The van der Waals surface area contributed by atoms with E-state index in [1.165, 1.54) is 24.1 Å². The summed E-state index contributed by atoms with van der Waals surface area (Å²) in [6.07, 6.45) is 0.